The van der Waals surface area contributed by atoms with Gasteiger partial charge in [-0.2, -0.15) is 0 Å². The monoisotopic (exact) mass is 281 g/mol. The number of hydrogen-bond acceptors (Lipinski definition) is 1. The molecule has 1 unspecified atom stereocenters. The summed E-state index contributed by atoms with van der Waals surface area (Å²) >= 11 is 0. The Balaban J connectivity index is 2.33. The van der Waals surface area contributed by atoms with Crippen LogP contribution >= 0.6 is 0 Å². The van der Waals surface area contributed by atoms with E-state index in [-0.39, 0.29) is 0 Å². The first-order valence-electron chi connectivity index (χ1n) is 7.73. The fraction of sp³-hybridized carbons (Fsp3) is 0.400. The molecule has 21 heavy (non-hydrogen) atoms. The molecule has 1 heteroatoms. The quantitative estimate of drug-likeness (QED) is 0.854. The van der Waals surface area contributed by atoms with Crippen molar-refractivity contribution in [3.8, 4) is 0 Å². The molecule has 0 saturated heterocycles. The molecule has 112 valence electrons. The Labute approximate surface area is 129 Å². The molecule has 0 heterocycles. The summed E-state index contributed by atoms with van der Waals surface area (Å²) in [5.74, 6) is 0. The van der Waals surface area contributed by atoms with Crippen molar-refractivity contribution in [1.29, 1.82) is 0 Å². The van der Waals surface area contributed by atoms with Crippen molar-refractivity contribution in [3.05, 3.63) is 69.3 Å². The van der Waals surface area contributed by atoms with Gasteiger partial charge in [0.1, 0.15) is 0 Å². The van der Waals surface area contributed by atoms with Gasteiger partial charge in [-0.25, -0.2) is 0 Å². The Morgan fingerprint density at radius 1 is 0.810 bits per heavy atom. The maximum Gasteiger partial charge on any atom is 0.0358 e. The van der Waals surface area contributed by atoms with Crippen LogP contribution in [0.25, 0.3) is 0 Å². The van der Waals surface area contributed by atoms with Crippen LogP contribution in [0, 0.1) is 34.6 Å². The van der Waals surface area contributed by atoms with Gasteiger partial charge in [-0.05, 0) is 81.5 Å². The third kappa shape index (κ3) is 3.54. The van der Waals surface area contributed by atoms with Crippen LogP contribution in [0.1, 0.15) is 45.0 Å². The Morgan fingerprint density at radius 3 is 1.95 bits per heavy atom. The SMILES string of the molecule is CNC(Cc1c(C)cc(C)cc1C)c1ccc(C)c(C)c1. The van der Waals surface area contributed by atoms with Gasteiger partial charge in [0.15, 0.2) is 0 Å². The molecule has 1 nitrogen and oxygen atoms in total. The van der Waals surface area contributed by atoms with E-state index in [1.807, 2.05) is 0 Å². The zero-order valence-corrected chi connectivity index (χ0v) is 14.2. The molecular formula is C20H27N. The Kier molecular flexibility index (Phi) is 4.84. The van der Waals surface area contributed by atoms with E-state index in [9.17, 15) is 0 Å². The lowest BCUT2D eigenvalue weighted by Gasteiger charge is -2.21. The average molecular weight is 281 g/mol. The van der Waals surface area contributed by atoms with Gasteiger partial charge in [-0.15, -0.1) is 0 Å². The molecule has 0 spiro atoms. The molecule has 0 aliphatic rings. The molecule has 0 amide bonds. The molecule has 0 aliphatic carbocycles. The van der Waals surface area contributed by atoms with Crippen LogP contribution in [-0.2, 0) is 6.42 Å². The fourth-order valence-corrected chi connectivity index (χ4v) is 3.10. The highest BCUT2D eigenvalue weighted by Gasteiger charge is 2.14. The summed E-state index contributed by atoms with van der Waals surface area (Å²) in [6.07, 6.45) is 1.04. The minimum atomic E-state index is 0.365. The fourth-order valence-electron chi connectivity index (χ4n) is 3.10. The molecule has 2 rings (SSSR count). The maximum absolute atomic E-state index is 3.48. The first kappa shape index (κ1) is 15.8. The Morgan fingerprint density at radius 2 is 1.43 bits per heavy atom. The third-order valence-electron chi connectivity index (χ3n) is 4.53. The molecule has 2 aromatic rings. The van der Waals surface area contributed by atoms with E-state index < -0.39 is 0 Å². The summed E-state index contributed by atoms with van der Waals surface area (Å²) in [5.41, 5.74) is 9.72. The standard InChI is InChI=1S/C20H27N/c1-13-9-16(4)19(17(5)10-13)12-20(21-6)18-8-7-14(2)15(3)11-18/h7-11,20-21H,12H2,1-6H3. The predicted molar refractivity (Wildman–Crippen MR) is 92.1 cm³/mol. The van der Waals surface area contributed by atoms with Gasteiger partial charge in [0, 0.05) is 6.04 Å². The minimum absolute atomic E-state index is 0.365. The van der Waals surface area contributed by atoms with E-state index in [0.29, 0.717) is 6.04 Å². The van der Waals surface area contributed by atoms with Crippen LogP contribution in [0.5, 0.6) is 0 Å². The molecule has 0 fully saturated rings. The lowest BCUT2D eigenvalue weighted by Crippen LogP contribution is -2.20. The number of nitrogens with one attached hydrogen (secondary N) is 1. The van der Waals surface area contributed by atoms with Gasteiger partial charge in [0.2, 0.25) is 0 Å². The van der Waals surface area contributed by atoms with Gasteiger partial charge in [0.25, 0.3) is 0 Å². The van der Waals surface area contributed by atoms with E-state index in [1.165, 1.54) is 38.9 Å². The lowest BCUT2D eigenvalue weighted by molar-refractivity contribution is 0.588. The van der Waals surface area contributed by atoms with Crippen molar-refractivity contribution in [3.63, 3.8) is 0 Å². The van der Waals surface area contributed by atoms with E-state index in [1.54, 1.807) is 0 Å². The molecule has 0 aliphatic heterocycles. The van der Waals surface area contributed by atoms with Gasteiger partial charge in [0.05, 0.1) is 0 Å². The molecule has 0 bridgehead atoms. The summed E-state index contributed by atoms with van der Waals surface area (Å²) in [7, 11) is 2.05. The summed E-state index contributed by atoms with van der Waals surface area (Å²) in [6.45, 7) is 11.0. The van der Waals surface area contributed by atoms with E-state index in [0.717, 1.165) is 6.42 Å². The van der Waals surface area contributed by atoms with Crippen molar-refractivity contribution < 1.29 is 0 Å². The second-order valence-electron chi connectivity index (χ2n) is 6.27. The van der Waals surface area contributed by atoms with Crippen LogP contribution in [0.3, 0.4) is 0 Å². The number of aryl methyl sites for hydroxylation is 5. The number of hydrogen-bond donors (Lipinski definition) is 1. The van der Waals surface area contributed by atoms with E-state index >= 15 is 0 Å². The van der Waals surface area contributed by atoms with Crippen molar-refractivity contribution in [2.24, 2.45) is 0 Å². The molecule has 0 aromatic heterocycles. The molecule has 2 aromatic carbocycles. The van der Waals surface area contributed by atoms with Crippen molar-refractivity contribution >= 4 is 0 Å². The summed E-state index contributed by atoms with van der Waals surface area (Å²) < 4.78 is 0. The largest absolute Gasteiger partial charge is 0.313 e. The van der Waals surface area contributed by atoms with Gasteiger partial charge in [-0.3, -0.25) is 0 Å². The zero-order valence-electron chi connectivity index (χ0n) is 14.2. The minimum Gasteiger partial charge on any atom is -0.313 e. The normalized spacial score (nSPS) is 12.5. The number of likely N-dealkylation sites (N-methyl/N-ethyl adjacent to an activating group) is 1. The lowest BCUT2D eigenvalue weighted by atomic mass is 9.91. The van der Waals surface area contributed by atoms with E-state index in [2.05, 4.69) is 77.3 Å². The van der Waals surface area contributed by atoms with E-state index in [4.69, 9.17) is 0 Å². The molecule has 0 radical (unpaired) electrons. The molecule has 1 N–H and O–H groups in total. The average Bonchev–Trinajstić information content (AvgIpc) is 2.41. The molecule has 0 saturated carbocycles. The number of benzene rings is 2. The van der Waals surface area contributed by atoms with Crippen molar-refractivity contribution in [2.75, 3.05) is 7.05 Å². The highest BCUT2D eigenvalue weighted by Crippen LogP contribution is 2.25. The van der Waals surface area contributed by atoms with Gasteiger partial charge < -0.3 is 5.32 Å². The van der Waals surface area contributed by atoms with Crippen LogP contribution in [0.4, 0.5) is 0 Å². The maximum atomic E-state index is 3.48. The summed E-state index contributed by atoms with van der Waals surface area (Å²) in [6, 6.07) is 11.7. The Hall–Kier alpha value is -1.60. The topological polar surface area (TPSA) is 12.0 Å². The zero-order chi connectivity index (χ0) is 15.6. The van der Waals surface area contributed by atoms with Crippen LogP contribution in [0.2, 0.25) is 0 Å². The second kappa shape index (κ2) is 6.44. The van der Waals surface area contributed by atoms with Gasteiger partial charge in [-0.1, -0.05) is 35.9 Å². The Bertz CT molecular complexity index is 617. The van der Waals surface area contributed by atoms with Crippen molar-refractivity contribution in [2.45, 2.75) is 47.1 Å². The third-order valence-corrected chi connectivity index (χ3v) is 4.53. The van der Waals surface area contributed by atoms with Gasteiger partial charge >= 0.3 is 0 Å². The first-order chi connectivity index (χ1) is 9.92. The predicted octanol–water partition coefficient (Wildman–Crippen LogP) is 4.73. The first-order valence-corrected chi connectivity index (χ1v) is 7.73. The van der Waals surface area contributed by atoms with Crippen LogP contribution in [-0.4, -0.2) is 7.05 Å². The molecule has 1 atom stereocenters. The summed E-state index contributed by atoms with van der Waals surface area (Å²) in [5, 5.41) is 3.48. The highest BCUT2D eigenvalue weighted by molar-refractivity contribution is 5.39. The second-order valence-corrected chi connectivity index (χ2v) is 6.27. The molecular weight excluding hydrogens is 254 g/mol. The highest BCUT2D eigenvalue weighted by atomic mass is 14.9. The van der Waals surface area contributed by atoms with Crippen LogP contribution in [0.15, 0.2) is 30.3 Å². The summed E-state index contributed by atoms with van der Waals surface area (Å²) in [4.78, 5) is 0. The smallest absolute Gasteiger partial charge is 0.0358 e. The number of rotatable bonds is 4. The van der Waals surface area contributed by atoms with Crippen LogP contribution < -0.4 is 5.32 Å². The van der Waals surface area contributed by atoms with Crippen molar-refractivity contribution in [1.82, 2.24) is 5.32 Å².